The average Bonchev–Trinajstić information content (AvgIpc) is 2.55. The largest absolute Gasteiger partial charge is 0.451 e. The van der Waals surface area contributed by atoms with Crippen LogP contribution >= 0.6 is 0 Å². The minimum absolute atomic E-state index is 0.753. The minimum atomic E-state index is 0.753. The van der Waals surface area contributed by atoms with Crippen molar-refractivity contribution >= 4 is 0 Å². The number of nitrogens with zero attached hydrogens (tertiary/aromatic N) is 2. The van der Waals surface area contributed by atoms with E-state index in [-0.39, 0.29) is 0 Å². The van der Waals surface area contributed by atoms with Gasteiger partial charge in [0, 0.05) is 0 Å². The summed E-state index contributed by atoms with van der Waals surface area (Å²) in [5, 5.41) is 3.72. The van der Waals surface area contributed by atoms with Crippen LogP contribution in [0.3, 0.4) is 0 Å². The summed E-state index contributed by atoms with van der Waals surface area (Å²) >= 11 is 0. The summed E-state index contributed by atoms with van der Waals surface area (Å²) in [5.41, 5.74) is 2.45. The molecule has 0 unspecified atom stereocenters. The number of rotatable bonds is 1. The summed E-state index contributed by atoms with van der Waals surface area (Å²) in [6.45, 7) is 1.85. The van der Waals surface area contributed by atoms with Crippen LogP contribution in [-0.4, -0.2) is 10.1 Å². The predicted octanol–water partition coefficient (Wildman–Crippen LogP) is 1.64. The molecular weight excluding hydrogens is 144 g/mol. The zero-order valence-corrected chi connectivity index (χ0v) is 5.94. The number of hydrogen-bond acceptors (Lipinski definition) is 4. The second-order valence-electron chi connectivity index (χ2n) is 2.19. The molecule has 11 heavy (non-hydrogen) atoms. The molecule has 56 valence electrons. The standard InChI is InChI=1S/C7H6N2O2/c1-5-6(2-11-9-5)7-3-10-4-8-7/h2-4H,1H3. The molecule has 0 aliphatic heterocycles. The monoisotopic (exact) mass is 150 g/mol. The Balaban J connectivity index is 2.53. The molecule has 2 rings (SSSR count). The fourth-order valence-electron chi connectivity index (χ4n) is 0.884. The zero-order chi connectivity index (χ0) is 7.68. The van der Waals surface area contributed by atoms with Crippen molar-refractivity contribution < 1.29 is 8.94 Å². The van der Waals surface area contributed by atoms with Crippen molar-refractivity contribution in [1.82, 2.24) is 10.1 Å². The molecule has 0 N–H and O–H groups in total. The Kier molecular flexibility index (Phi) is 1.25. The van der Waals surface area contributed by atoms with E-state index in [4.69, 9.17) is 8.94 Å². The molecule has 0 atom stereocenters. The number of hydrogen-bond donors (Lipinski definition) is 0. The van der Waals surface area contributed by atoms with Gasteiger partial charge < -0.3 is 8.94 Å². The maximum absolute atomic E-state index is 4.81. The summed E-state index contributed by atoms with van der Waals surface area (Å²) in [5.74, 6) is 0. The van der Waals surface area contributed by atoms with Gasteiger partial charge in [-0.3, -0.25) is 0 Å². The van der Waals surface area contributed by atoms with Crippen molar-refractivity contribution in [2.24, 2.45) is 0 Å². The van der Waals surface area contributed by atoms with Gasteiger partial charge in [0.15, 0.2) is 6.39 Å². The van der Waals surface area contributed by atoms with E-state index in [1.807, 2.05) is 6.92 Å². The first-order valence-electron chi connectivity index (χ1n) is 3.17. The van der Waals surface area contributed by atoms with E-state index in [1.54, 1.807) is 12.5 Å². The lowest BCUT2D eigenvalue weighted by Crippen LogP contribution is -1.76. The third-order valence-electron chi connectivity index (χ3n) is 1.46. The minimum Gasteiger partial charge on any atom is -0.451 e. The molecular formula is C7H6N2O2. The Morgan fingerprint density at radius 1 is 1.36 bits per heavy atom. The van der Waals surface area contributed by atoms with Gasteiger partial charge in [-0.05, 0) is 6.92 Å². The molecule has 0 aromatic carbocycles. The van der Waals surface area contributed by atoms with Crippen LogP contribution in [0.2, 0.25) is 0 Å². The second kappa shape index (κ2) is 2.23. The van der Waals surface area contributed by atoms with E-state index in [9.17, 15) is 0 Å². The summed E-state index contributed by atoms with van der Waals surface area (Å²) in [6.07, 6.45) is 4.48. The van der Waals surface area contributed by atoms with E-state index >= 15 is 0 Å². The summed E-state index contributed by atoms with van der Waals surface area (Å²) < 4.78 is 9.55. The first-order valence-corrected chi connectivity index (χ1v) is 3.17. The van der Waals surface area contributed by atoms with Crippen molar-refractivity contribution in [3.63, 3.8) is 0 Å². The fraction of sp³-hybridized carbons (Fsp3) is 0.143. The molecule has 0 saturated carbocycles. The van der Waals surface area contributed by atoms with Gasteiger partial charge in [0.05, 0.1) is 11.3 Å². The van der Waals surface area contributed by atoms with Crippen molar-refractivity contribution in [2.45, 2.75) is 6.92 Å². The van der Waals surface area contributed by atoms with E-state index in [0.29, 0.717) is 0 Å². The summed E-state index contributed by atoms with van der Waals surface area (Å²) in [6, 6.07) is 0. The molecule has 0 fully saturated rings. The molecule has 0 radical (unpaired) electrons. The Bertz CT molecular complexity index is 337. The first-order chi connectivity index (χ1) is 5.38. The highest BCUT2D eigenvalue weighted by molar-refractivity contribution is 5.58. The van der Waals surface area contributed by atoms with Crippen molar-refractivity contribution in [3.8, 4) is 11.3 Å². The lowest BCUT2D eigenvalue weighted by Gasteiger charge is -1.85. The third-order valence-corrected chi connectivity index (χ3v) is 1.46. The van der Waals surface area contributed by atoms with Crippen molar-refractivity contribution in [3.05, 3.63) is 24.6 Å². The number of oxazole rings is 1. The van der Waals surface area contributed by atoms with E-state index < -0.39 is 0 Å². The fourth-order valence-corrected chi connectivity index (χ4v) is 0.884. The van der Waals surface area contributed by atoms with Crippen LogP contribution < -0.4 is 0 Å². The number of aryl methyl sites for hydroxylation is 1. The second-order valence-corrected chi connectivity index (χ2v) is 2.19. The first kappa shape index (κ1) is 6.15. The van der Waals surface area contributed by atoms with Crippen LogP contribution in [-0.2, 0) is 0 Å². The van der Waals surface area contributed by atoms with E-state index in [0.717, 1.165) is 17.0 Å². The molecule has 0 bridgehead atoms. The highest BCUT2D eigenvalue weighted by Crippen LogP contribution is 2.19. The maximum Gasteiger partial charge on any atom is 0.181 e. The SMILES string of the molecule is Cc1nocc1-c1cocn1. The maximum atomic E-state index is 4.81. The lowest BCUT2D eigenvalue weighted by atomic mass is 10.2. The number of aromatic nitrogens is 2. The van der Waals surface area contributed by atoms with Crippen LogP contribution in [0.15, 0.2) is 27.9 Å². The Labute approximate surface area is 62.8 Å². The van der Waals surface area contributed by atoms with Crippen molar-refractivity contribution in [1.29, 1.82) is 0 Å². The quantitative estimate of drug-likeness (QED) is 0.620. The molecule has 0 aliphatic rings. The molecule has 0 spiro atoms. The van der Waals surface area contributed by atoms with Crippen LogP contribution in [0.4, 0.5) is 0 Å². The molecule has 4 heteroatoms. The molecule has 2 heterocycles. The molecule has 0 aliphatic carbocycles. The highest BCUT2D eigenvalue weighted by Gasteiger charge is 2.07. The molecule has 0 amide bonds. The highest BCUT2D eigenvalue weighted by atomic mass is 16.5. The van der Waals surface area contributed by atoms with Gasteiger partial charge in [0.2, 0.25) is 0 Å². The normalized spacial score (nSPS) is 10.3. The Morgan fingerprint density at radius 2 is 2.27 bits per heavy atom. The third kappa shape index (κ3) is 0.920. The van der Waals surface area contributed by atoms with Crippen LogP contribution in [0.1, 0.15) is 5.69 Å². The summed E-state index contributed by atoms with van der Waals surface area (Å²) in [7, 11) is 0. The smallest absolute Gasteiger partial charge is 0.181 e. The molecule has 0 saturated heterocycles. The average molecular weight is 150 g/mol. The van der Waals surface area contributed by atoms with Gasteiger partial charge in [-0.15, -0.1) is 0 Å². The molecule has 4 nitrogen and oxygen atoms in total. The van der Waals surface area contributed by atoms with Crippen LogP contribution in [0.5, 0.6) is 0 Å². The Morgan fingerprint density at radius 3 is 2.82 bits per heavy atom. The van der Waals surface area contributed by atoms with Crippen molar-refractivity contribution in [2.75, 3.05) is 0 Å². The Hall–Kier alpha value is -1.58. The predicted molar refractivity (Wildman–Crippen MR) is 36.7 cm³/mol. The lowest BCUT2D eigenvalue weighted by molar-refractivity contribution is 0.415. The van der Waals surface area contributed by atoms with E-state index in [1.165, 1.54) is 6.39 Å². The van der Waals surface area contributed by atoms with Crippen LogP contribution in [0, 0.1) is 6.92 Å². The van der Waals surface area contributed by atoms with Gasteiger partial charge >= 0.3 is 0 Å². The zero-order valence-electron chi connectivity index (χ0n) is 5.94. The van der Waals surface area contributed by atoms with Gasteiger partial charge in [-0.2, -0.15) is 0 Å². The molecule has 2 aromatic rings. The van der Waals surface area contributed by atoms with Crippen LogP contribution in [0.25, 0.3) is 11.3 Å². The van der Waals surface area contributed by atoms with Gasteiger partial charge in [-0.1, -0.05) is 5.16 Å². The van der Waals surface area contributed by atoms with Gasteiger partial charge in [0.1, 0.15) is 18.2 Å². The topological polar surface area (TPSA) is 52.1 Å². The molecule has 2 aromatic heterocycles. The summed E-state index contributed by atoms with van der Waals surface area (Å²) in [4.78, 5) is 3.95. The van der Waals surface area contributed by atoms with Gasteiger partial charge in [0.25, 0.3) is 0 Å². The van der Waals surface area contributed by atoms with Gasteiger partial charge in [-0.25, -0.2) is 4.98 Å². The van der Waals surface area contributed by atoms with E-state index in [2.05, 4.69) is 10.1 Å².